The van der Waals surface area contributed by atoms with Gasteiger partial charge in [-0.3, -0.25) is 0 Å². The SMILES string of the molecule is COc1c(CC(C)(C)O)ccc2ccccc12. The first-order chi connectivity index (χ1) is 8.01. The Hall–Kier alpha value is -1.54. The molecule has 0 saturated carbocycles. The fourth-order valence-electron chi connectivity index (χ4n) is 2.13. The quantitative estimate of drug-likeness (QED) is 0.877. The van der Waals surface area contributed by atoms with Gasteiger partial charge in [0.25, 0.3) is 0 Å². The van der Waals surface area contributed by atoms with Crippen LogP contribution in [0.1, 0.15) is 19.4 Å². The summed E-state index contributed by atoms with van der Waals surface area (Å²) in [6.45, 7) is 3.61. The minimum Gasteiger partial charge on any atom is -0.496 e. The zero-order chi connectivity index (χ0) is 12.5. The Kier molecular flexibility index (Phi) is 3.07. The summed E-state index contributed by atoms with van der Waals surface area (Å²) in [6.07, 6.45) is 0.584. The Morgan fingerprint density at radius 2 is 1.82 bits per heavy atom. The van der Waals surface area contributed by atoms with Crippen LogP contribution < -0.4 is 4.74 Å². The van der Waals surface area contributed by atoms with Gasteiger partial charge in [0.2, 0.25) is 0 Å². The molecule has 2 nitrogen and oxygen atoms in total. The highest BCUT2D eigenvalue weighted by atomic mass is 16.5. The largest absolute Gasteiger partial charge is 0.496 e. The number of ether oxygens (including phenoxy) is 1. The standard InChI is InChI=1S/C15H18O2/c1-15(2,16)10-12-9-8-11-6-4-5-7-13(11)14(12)17-3/h4-9,16H,10H2,1-3H3. The van der Waals surface area contributed by atoms with Crippen molar-refractivity contribution in [3.8, 4) is 5.75 Å². The molecule has 0 unspecified atom stereocenters. The van der Waals surface area contributed by atoms with Gasteiger partial charge in [-0.1, -0.05) is 36.4 Å². The maximum atomic E-state index is 9.91. The number of rotatable bonds is 3. The van der Waals surface area contributed by atoms with E-state index in [0.29, 0.717) is 6.42 Å². The Bertz CT molecular complexity index is 524. The van der Waals surface area contributed by atoms with Crippen LogP contribution in [0.2, 0.25) is 0 Å². The van der Waals surface area contributed by atoms with Crippen molar-refractivity contribution in [1.29, 1.82) is 0 Å². The highest BCUT2D eigenvalue weighted by molar-refractivity contribution is 5.89. The van der Waals surface area contributed by atoms with Crippen molar-refractivity contribution in [1.82, 2.24) is 0 Å². The van der Waals surface area contributed by atoms with Gasteiger partial charge in [-0.2, -0.15) is 0 Å². The van der Waals surface area contributed by atoms with Crippen molar-refractivity contribution in [3.63, 3.8) is 0 Å². The van der Waals surface area contributed by atoms with Gasteiger partial charge >= 0.3 is 0 Å². The normalized spacial score (nSPS) is 11.8. The number of hydrogen-bond donors (Lipinski definition) is 1. The molecular formula is C15H18O2. The van der Waals surface area contributed by atoms with E-state index < -0.39 is 5.60 Å². The summed E-state index contributed by atoms with van der Waals surface area (Å²) < 4.78 is 5.49. The molecule has 0 spiro atoms. The lowest BCUT2D eigenvalue weighted by molar-refractivity contribution is 0.0803. The molecule has 0 aromatic heterocycles. The molecule has 2 rings (SSSR count). The molecule has 90 valence electrons. The van der Waals surface area contributed by atoms with Crippen LogP contribution in [-0.4, -0.2) is 17.8 Å². The lowest BCUT2D eigenvalue weighted by atomic mass is 9.95. The van der Waals surface area contributed by atoms with Crippen molar-refractivity contribution in [2.24, 2.45) is 0 Å². The smallest absolute Gasteiger partial charge is 0.129 e. The zero-order valence-electron chi connectivity index (χ0n) is 10.5. The molecule has 2 heteroatoms. The molecule has 0 atom stereocenters. The molecule has 0 fully saturated rings. The molecule has 2 aromatic carbocycles. The fraction of sp³-hybridized carbons (Fsp3) is 0.333. The Morgan fingerprint density at radius 3 is 2.47 bits per heavy atom. The van der Waals surface area contributed by atoms with Crippen LogP contribution >= 0.6 is 0 Å². The first kappa shape index (κ1) is 11.9. The molecule has 0 radical (unpaired) electrons. The molecule has 2 aromatic rings. The van der Waals surface area contributed by atoms with E-state index in [-0.39, 0.29) is 0 Å². The van der Waals surface area contributed by atoms with Crippen LogP contribution in [0.25, 0.3) is 10.8 Å². The third-order valence-electron chi connectivity index (χ3n) is 2.79. The monoisotopic (exact) mass is 230 g/mol. The summed E-state index contributed by atoms with van der Waals surface area (Å²) in [6, 6.07) is 12.2. The van der Waals surface area contributed by atoms with Gasteiger partial charge in [-0.25, -0.2) is 0 Å². The summed E-state index contributed by atoms with van der Waals surface area (Å²) in [5.41, 5.74) is 0.314. The second-order valence-corrected chi connectivity index (χ2v) is 4.97. The summed E-state index contributed by atoms with van der Waals surface area (Å²) in [7, 11) is 1.68. The fourth-order valence-corrected chi connectivity index (χ4v) is 2.13. The lowest BCUT2D eigenvalue weighted by Crippen LogP contribution is -2.22. The highest BCUT2D eigenvalue weighted by Crippen LogP contribution is 2.31. The van der Waals surface area contributed by atoms with Crippen LogP contribution in [0.5, 0.6) is 5.75 Å². The third-order valence-corrected chi connectivity index (χ3v) is 2.79. The van der Waals surface area contributed by atoms with Gasteiger partial charge in [0.05, 0.1) is 12.7 Å². The van der Waals surface area contributed by atoms with Crippen LogP contribution in [0.3, 0.4) is 0 Å². The number of aliphatic hydroxyl groups is 1. The molecule has 0 aliphatic carbocycles. The molecule has 1 N–H and O–H groups in total. The molecule has 17 heavy (non-hydrogen) atoms. The maximum Gasteiger partial charge on any atom is 0.129 e. The maximum absolute atomic E-state index is 9.91. The first-order valence-corrected chi connectivity index (χ1v) is 5.78. The molecular weight excluding hydrogens is 212 g/mol. The molecule has 0 aliphatic rings. The van der Waals surface area contributed by atoms with E-state index in [1.807, 2.05) is 38.1 Å². The molecule has 0 aliphatic heterocycles. The summed E-state index contributed by atoms with van der Waals surface area (Å²) in [4.78, 5) is 0. The van der Waals surface area contributed by atoms with Crippen molar-refractivity contribution < 1.29 is 9.84 Å². The number of hydrogen-bond acceptors (Lipinski definition) is 2. The summed E-state index contributed by atoms with van der Waals surface area (Å²) in [5.74, 6) is 0.866. The van der Waals surface area contributed by atoms with Crippen LogP contribution in [0.15, 0.2) is 36.4 Å². The van der Waals surface area contributed by atoms with Gasteiger partial charge < -0.3 is 9.84 Å². The molecule has 0 heterocycles. The Labute approximate surface area is 102 Å². The van der Waals surface area contributed by atoms with E-state index in [9.17, 15) is 5.11 Å². The third kappa shape index (κ3) is 2.59. The Morgan fingerprint density at radius 1 is 1.12 bits per heavy atom. The highest BCUT2D eigenvalue weighted by Gasteiger charge is 2.17. The molecule has 0 bridgehead atoms. The second-order valence-electron chi connectivity index (χ2n) is 4.97. The van der Waals surface area contributed by atoms with Gasteiger partial charge in [0.15, 0.2) is 0 Å². The minimum absolute atomic E-state index is 0.584. The predicted molar refractivity (Wildman–Crippen MR) is 70.5 cm³/mol. The van der Waals surface area contributed by atoms with E-state index in [1.54, 1.807) is 7.11 Å². The Balaban J connectivity index is 2.57. The van der Waals surface area contributed by atoms with Crippen molar-refractivity contribution in [3.05, 3.63) is 42.0 Å². The first-order valence-electron chi connectivity index (χ1n) is 5.78. The average Bonchev–Trinajstić information content (AvgIpc) is 2.27. The van der Waals surface area contributed by atoms with Crippen molar-refractivity contribution >= 4 is 10.8 Å². The average molecular weight is 230 g/mol. The number of benzene rings is 2. The van der Waals surface area contributed by atoms with Crippen molar-refractivity contribution in [2.75, 3.05) is 7.11 Å². The molecule has 0 amide bonds. The van der Waals surface area contributed by atoms with Gasteiger partial charge in [-0.05, 0) is 24.8 Å². The zero-order valence-corrected chi connectivity index (χ0v) is 10.5. The van der Waals surface area contributed by atoms with Crippen LogP contribution in [0.4, 0.5) is 0 Å². The second kappa shape index (κ2) is 4.38. The predicted octanol–water partition coefficient (Wildman–Crippen LogP) is 3.16. The molecule has 0 saturated heterocycles. The van der Waals surface area contributed by atoms with E-state index >= 15 is 0 Å². The van der Waals surface area contributed by atoms with Crippen LogP contribution in [0, 0.1) is 0 Å². The number of methoxy groups -OCH3 is 1. The van der Waals surface area contributed by atoms with E-state index in [2.05, 4.69) is 12.1 Å². The van der Waals surface area contributed by atoms with E-state index in [1.165, 1.54) is 0 Å². The van der Waals surface area contributed by atoms with Crippen molar-refractivity contribution in [2.45, 2.75) is 25.9 Å². The van der Waals surface area contributed by atoms with E-state index in [0.717, 1.165) is 22.1 Å². The summed E-state index contributed by atoms with van der Waals surface area (Å²) >= 11 is 0. The van der Waals surface area contributed by atoms with Gasteiger partial charge in [0.1, 0.15) is 5.75 Å². The van der Waals surface area contributed by atoms with Gasteiger partial charge in [0, 0.05) is 11.8 Å². The number of fused-ring (bicyclic) bond motifs is 1. The summed E-state index contributed by atoms with van der Waals surface area (Å²) in [5, 5.41) is 12.2. The minimum atomic E-state index is -0.726. The van der Waals surface area contributed by atoms with Crippen LogP contribution in [-0.2, 0) is 6.42 Å². The topological polar surface area (TPSA) is 29.5 Å². The van der Waals surface area contributed by atoms with Gasteiger partial charge in [-0.15, -0.1) is 0 Å². The lowest BCUT2D eigenvalue weighted by Gasteiger charge is -2.19. The van der Waals surface area contributed by atoms with E-state index in [4.69, 9.17) is 4.74 Å².